The first kappa shape index (κ1) is 23.8. The molecule has 1 aliphatic heterocycles. The van der Waals surface area contributed by atoms with E-state index in [1.807, 2.05) is 6.92 Å². The molecule has 0 saturated carbocycles. The Labute approximate surface area is 192 Å². The zero-order valence-electron chi connectivity index (χ0n) is 19.1. The Hall–Kier alpha value is -2.87. The zero-order valence-corrected chi connectivity index (χ0v) is 19.8. The number of aromatic nitrogens is 2. The zero-order chi connectivity index (χ0) is 23.6. The maximum absolute atomic E-state index is 13.6. The molecule has 3 rings (SSSR count). The molecule has 0 spiro atoms. The van der Waals surface area contributed by atoms with Crippen LogP contribution in [0.4, 0.5) is 5.69 Å². The van der Waals surface area contributed by atoms with Crippen molar-refractivity contribution in [2.45, 2.75) is 53.1 Å². The van der Waals surface area contributed by atoms with Gasteiger partial charge in [-0.05, 0) is 50.8 Å². The van der Waals surface area contributed by atoms with Gasteiger partial charge < -0.3 is 10.1 Å². The van der Waals surface area contributed by atoms with E-state index in [2.05, 4.69) is 24.3 Å². The second-order valence-electron chi connectivity index (χ2n) is 8.58. The fourth-order valence-electron chi connectivity index (χ4n) is 3.68. The summed E-state index contributed by atoms with van der Waals surface area (Å²) in [7, 11) is 0. The first-order valence-electron chi connectivity index (χ1n) is 10.7. The van der Waals surface area contributed by atoms with Gasteiger partial charge in [0, 0.05) is 23.3 Å². The number of aryl methyl sites for hydroxylation is 1. The molecule has 32 heavy (non-hydrogen) atoms. The van der Waals surface area contributed by atoms with Gasteiger partial charge in [-0.2, -0.15) is 5.10 Å². The van der Waals surface area contributed by atoms with Crippen molar-refractivity contribution >= 4 is 35.1 Å². The van der Waals surface area contributed by atoms with Crippen LogP contribution in [-0.4, -0.2) is 46.3 Å². The standard InChI is InChI=1S/C23H29ClN4O4/c1-6-32-21(30)18-12-19-20(29)28(16-8-7-15(4)17(24)11-16)23(5,13-27(19)26-18)22(31)25-10-9-14(2)3/h7-8,11-12,14H,6,9-10,13H2,1-5H3,(H,25,31)/t23-/m0/s1. The highest BCUT2D eigenvalue weighted by atomic mass is 35.5. The summed E-state index contributed by atoms with van der Waals surface area (Å²) in [4.78, 5) is 40.6. The van der Waals surface area contributed by atoms with Gasteiger partial charge in [0.2, 0.25) is 5.91 Å². The lowest BCUT2D eigenvalue weighted by Crippen LogP contribution is -2.64. The number of amides is 2. The molecule has 0 saturated heterocycles. The smallest absolute Gasteiger partial charge is 0.358 e. The van der Waals surface area contributed by atoms with E-state index in [1.165, 1.54) is 15.6 Å². The quantitative estimate of drug-likeness (QED) is 0.637. The number of halogens is 1. The van der Waals surface area contributed by atoms with Gasteiger partial charge in [0.05, 0.1) is 13.2 Å². The number of esters is 1. The molecule has 1 N–H and O–H groups in total. The van der Waals surface area contributed by atoms with Crippen LogP contribution < -0.4 is 10.2 Å². The Morgan fingerprint density at radius 2 is 2.03 bits per heavy atom. The molecule has 2 amide bonds. The minimum Gasteiger partial charge on any atom is -0.461 e. The average Bonchev–Trinajstić information content (AvgIpc) is 3.14. The van der Waals surface area contributed by atoms with Crippen molar-refractivity contribution in [1.29, 1.82) is 0 Å². The third-order valence-corrected chi connectivity index (χ3v) is 5.96. The minimum absolute atomic E-state index is 0.0292. The summed E-state index contributed by atoms with van der Waals surface area (Å²) in [6, 6.07) is 6.64. The Morgan fingerprint density at radius 1 is 1.31 bits per heavy atom. The number of benzene rings is 1. The molecule has 8 nitrogen and oxygen atoms in total. The van der Waals surface area contributed by atoms with Gasteiger partial charge in [0.15, 0.2) is 5.69 Å². The van der Waals surface area contributed by atoms with Gasteiger partial charge in [-0.25, -0.2) is 4.79 Å². The summed E-state index contributed by atoms with van der Waals surface area (Å²) >= 11 is 6.34. The number of carbonyl (C=O) groups is 3. The minimum atomic E-state index is -1.28. The molecular weight excluding hydrogens is 432 g/mol. The van der Waals surface area contributed by atoms with E-state index < -0.39 is 17.4 Å². The van der Waals surface area contributed by atoms with Crippen LogP contribution in [0.5, 0.6) is 0 Å². The highest BCUT2D eigenvalue weighted by Crippen LogP contribution is 2.35. The number of hydrogen-bond acceptors (Lipinski definition) is 5. The predicted octanol–water partition coefficient (Wildman–Crippen LogP) is 3.60. The molecule has 1 aliphatic rings. The van der Waals surface area contributed by atoms with Gasteiger partial charge >= 0.3 is 5.97 Å². The van der Waals surface area contributed by atoms with Gasteiger partial charge in [0.25, 0.3) is 5.91 Å². The molecule has 1 aromatic carbocycles. The summed E-state index contributed by atoms with van der Waals surface area (Å²) < 4.78 is 6.43. The van der Waals surface area contributed by atoms with Gasteiger partial charge in [-0.1, -0.05) is 31.5 Å². The van der Waals surface area contributed by atoms with Crippen molar-refractivity contribution < 1.29 is 19.1 Å². The maximum Gasteiger partial charge on any atom is 0.358 e. The summed E-state index contributed by atoms with van der Waals surface area (Å²) in [5.41, 5.74) is 0.311. The molecule has 0 fully saturated rings. The monoisotopic (exact) mass is 460 g/mol. The van der Waals surface area contributed by atoms with Crippen molar-refractivity contribution in [3.8, 4) is 0 Å². The number of carbonyl (C=O) groups excluding carboxylic acids is 3. The van der Waals surface area contributed by atoms with Crippen LogP contribution in [0, 0.1) is 12.8 Å². The summed E-state index contributed by atoms with van der Waals surface area (Å²) in [6.07, 6.45) is 0.812. The topological polar surface area (TPSA) is 93.5 Å². The van der Waals surface area contributed by atoms with Gasteiger partial charge in [0.1, 0.15) is 11.2 Å². The van der Waals surface area contributed by atoms with Crippen molar-refractivity contribution in [2.75, 3.05) is 18.1 Å². The third-order valence-electron chi connectivity index (χ3n) is 5.55. The number of ether oxygens (including phenoxy) is 1. The Bertz CT molecular complexity index is 1050. The second-order valence-corrected chi connectivity index (χ2v) is 8.99. The normalized spacial score (nSPS) is 18.0. The Morgan fingerprint density at radius 3 is 2.66 bits per heavy atom. The molecule has 172 valence electrons. The van der Waals surface area contributed by atoms with Crippen molar-refractivity contribution in [3.63, 3.8) is 0 Å². The summed E-state index contributed by atoms with van der Waals surface area (Å²) in [6.45, 7) is 10.2. The van der Waals surface area contributed by atoms with Crippen molar-refractivity contribution in [1.82, 2.24) is 15.1 Å². The van der Waals surface area contributed by atoms with E-state index in [4.69, 9.17) is 16.3 Å². The number of nitrogens with one attached hydrogen (secondary N) is 1. The van der Waals surface area contributed by atoms with E-state index in [0.29, 0.717) is 23.2 Å². The Balaban J connectivity index is 2.06. The largest absolute Gasteiger partial charge is 0.461 e. The first-order chi connectivity index (χ1) is 15.1. The van der Waals surface area contributed by atoms with Crippen LogP contribution >= 0.6 is 11.6 Å². The molecule has 0 radical (unpaired) electrons. The van der Waals surface area contributed by atoms with Crippen LogP contribution in [0.25, 0.3) is 0 Å². The average molecular weight is 461 g/mol. The number of nitrogens with zero attached hydrogens (tertiary/aromatic N) is 3. The van der Waals surface area contributed by atoms with E-state index in [9.17, 15) is 14.4 Å². The van der Waals surface area contributed by atoms with Crippen LogP contribution in [-0.2, 0) is 16.1 Å². The molecule has 1 aromatic heterocycles. The number of hydrogen-bond donors (Lipinski definition) is 1. The summed E-state index contributed by atoms with van der Waals surface area (Å²) in [5, 5.41) is 7.70. The molecule has 0 unspecified atom stereocenters. The third kappa shape index (κ3) is 4.50. The molecule has 0 aliphatic carbocycles. The van der Waals surface area contributed by atoms with Crippen molar-refractivity contribution in [2.24, 2.45) is 5.92 Å². The lowest BCUT2D eigenvalue weighted by atomic mass is 9.93. The van der Waals surface area contributed by atoms with E-state index in [0.717, 1.165) is 12.0 Å². The van der Waals surface area contributed by atoms with Crippen LogP contribution in [0.15, 0.2) is 24.3 Å². The number of rotatable bonds is 7. The SMILES string of the molecule is CCOC(=O)c1cc2n(n1)C[C@@](C)(C(=O)NCCC(C)C)N(c1ccc(C)c(Cl)c1)C2=O. The van der Waals surface area contributed by atoms with Crippen molar-refractivity contribution in [3.05, 3.63) is 46.2 Å². The summed E-state index contributed by atoms with van der Waals surface area (Å²) in [5.74, 6) is -0.939. The van der Waals surface area contributed by atoms with Gasteiger partial charge in [-0.3, -0.25) is 19.2 Å². The van der Waals surface area contributed by atoms with E-state index in [1.54, 1.807) is 32.0 Å². The number of anilines is 1. The van der Waals surface area contributed by atoms with E-state index >= 15 is 0 Å². The predicted molar refractivity (Wildman–Crippen MR) is 122 cm³/mol. The molecule has 9 heteroatoms. The maximum atomic E-state index is 13.6. The number of fused-ring (bicyclic) bond motifs is 1. The fourth-order valence-corrected chi connectivity index (χ4v) is 3.85. The van der Waals surface area contributed by atoms with Crippen LogP contribution in [0.3, 0.4) is 0 Å². The highest BCUT2D eigenvalue weighted by molar-refractivity contribution is 6.31. The molecular formula is C23H29ClN4O4. The molecule has 1 atom stereocenters. The Kier molecular flexibility index (Phi) is 6.93. The molecule has 2 aromatic rings. The first-order valence-corrected chi connectivity index (χ1v) is 11.1. The van der Waals surface area contributed by atoms with E-state index in [-0.39, 0.29) is 30.4 Å². The molecule has 0 bridgehead atoms. The van der Waals surface area contributed by atoms with Crippen LogP contribution in [0.2, 0.25) is 5.02 Å². The second kappa shape index (κ2) is 9.32. The van der Waals surface area contributed by atoms with Crippen LogP contribution in [0.1, 0.15) is 60.7 Å². The van der Waals surface area contributed by atoms with Gasteiger partial charge in [-0.15, -0.1) is 0 Å². The molecule has 2 heterocycles. The lowest BCUT2D eigenvalue weighted by Gasteiger charge is -2.43. The fraction of sp³-hybridized carbons (Fsp3) is 0.478. The lowest BCUT2D eigenvalue weighted by molar-refractivity contribution is -0.126. The highest BCUT2D eigenvalue weighted by Gasteiger charge is 2.49.